The van der Waals surface area contributed by atoms with Crippen molar-refractivity contribution < 1.29 is 4.79 Å². The van der Waals surface area contributed by atoms with Gasteiger partial charge >= 0.3 is 0 Å². The first-order valence-electron chi connectivity index (χ1n) is 5.96. The second kappa shape index (κ2) is 6.81. The molecule has 2 nitrogen and oxygen atoms in total. The van der Waals surface area contributed by atoms with Crippen molar-refractivity contribution in [3.8, 4) is 0 Å². The second-order valence-electron chi connectivity index (χ2n) is 4.10. The van der Waals surface area contributed by atoms with Gasteiger partial charge in [0.25, 0.3) is 0 Å². The van der Waals surface area contributed by atoms with Crippen LogP contribution in [0, 0.1) is 13.8 Å². The molecule has 0 bridgehead atoms. The monoisotopic (exact) mass is 239 g/mol. The van der Waals surface area contributed by atoms with Gasteiger partial charge in [0.15, 0.2) is 5.78 Å². The Labute approximate surface area is 102 Å². The summed E-state index contributed by atoms with van der Waals surface area (Å²) in [6.07, 6.45) is 3.00. The van der Waals surface area contributed by atoms with Crippen molar-refractivity contribution in [1.82, 2.24) is 5.32 Å². The van der Waals surface area contributed by atoms with Gasteiger partial charge in [-0.2, -0.15) is 0 Å². The molecule has 0 aliphatic carbocycles. The van der Waals surface area contributed by atoms with Crippen molar-refractivity contribution in [2.24, 2.45) is 0 Å². The minimum Gasteiger partial charge on any atom is -0.316 e. The van der Waals surface area contributed by atoms with Crippen molar-refractivity contribution in [2.45, 2.75) is 40.0 Å². The van der Waals surface area contributed by atoms with Crippen LogP contribution in [0.25, 0.3) is 0 Å². The van der Waals surface area contributed by atoms with E-state index in [4.69, 9.17) is 0 Å². The molecule has 1 aromatic rings. The summed E-state index contributed by atoms with van der Waals surface area (Å²) in [5.41, 5.74) is 0.916. The zero-order chi connectivity index (χ0) is 12.0. The summed E-state index contributed by atoms with van der Waals surface area (Å²) in [4.78, 5) is 14.2. The van der Waals surface area contributed by atoms with E-state index >= 15 is 0 Å². The van der Waals surface area contributed by atoms with Gasteiger partial charge in [0, 0.05) is 28.3 Å². The number of rotatable bonds is 7. The first-order chi connectivity index (χ1) is 7.65. The molecule has 3 heteroatoms. The Morgan fingerprint density at radius 2 is 2.12 bits per heavy atom. The van der Waals surface area contributed by atoms with Crippen molar-refractivity contribution in [3.63, 3.8) is 0 Å². The number of hydrogen-bond acceptors (Lipinski definition) is 3. The molecule has 1 rings (SSSR count). The van der Waals surface area contributed by atoms with Crippen LogP contribution in [-0.2, 0) is 0 Å². The predicted octanol–water partition coefficient (Wildman–Crippen LogP) is 3.33. The molecule has 0 spiro atoms. The fraction of sp³-hybridized carbons (Fsp3) is 0.615. The third-order valence-corrected chi connectivity index (χ3v) is 3.54. The molecule has 0 unspecified atom stereocenters. The number of hydrogen-bond donors (Lipinski definition) is 1. The molecule has 0 aliphatic rings. The quantitative estimate of drug-likeness (QED) is 0.584. The number of Topliss-reactive ketones (excluding diaryl/α,β-unsaturated/α-hetero) is 1. The highest BCUT2D eigenvalue weighted by Crippen LogP contribution is 2.21. The fourth-order valence-corrected chi connectivity index (χ4v) is 2.61. The van der Waals surface area contributed by atoms with Crippen LogP contribution in [0.3, 0.4) is 0 Å². The van der Waals surface area contributed by atoms with E-state index in [1.54, 1.807) is 11.3 Å². The van der Waals surface area contributed by atoms with E-state index in [1.165, 1.54) is 17.7 Å². The lowest BCUT2D eigenvalue weighted by Gasteiger charge is -2.02. The molecule has 1 aromatic heterocycles. The highest BCUT2D eigenvalue weighted by atomic mass is 32.1. The Morgan fingerprint density at radius 1 is 1.38 bits per heavy atom. The molecule has 16 heavy (non-hydrogen) atoms. The average Bonchev–Trinajstić information content (AvgIpc) is 2.57. The van der Waals surface area contributed by atoms with Gasteiger partial charge in [-0.3, -0.25) is 4.79 Å². The van der Waals surface area contributed by atoms with E-state index in [2.05, 4.69) is 12.2 Å². The molecule has 0 saturated heterocycles. The first kappa shape index (κ1) is 13.4. The largest absolute Gasteiger partial charge is 0.316 e. The maximum atomic E-state index is 11.9. The molecule has 0 aromatic carbocycles. The summed E-state index contributed by atoms with van der Waals surface area (Å²) in [6, 6.07) is 2.01. The summed E-state index contributed by atoms with van der Waals surface area (Å²) in [6.45, 7) is 8.06. The predicted molar refractivity (Wildman–Crippen MR) is 70.5 cm³/mol. The molecule has 1 N–H and O–H groups in total. The number of unbranched alkanes of at least 4 members (excludes halogenated alkanes) is 1. The molecule has 0 amide bonds. The summed E-state index contributed by atoms with van der Waals surface area (Å²) in [7, 11) is 0. The number of ketones is 1. The zero-order valence-electron chi connectivity index (χ0n) is 10.4. The van der Waals surface area contributed by atoms with Crippen LogP contribution in [0.1, 0.15) is 46.3 Å². The Balaban J connectivity index is 2.33. The maximum absolute atomic E-state index is 11.9. The number of nitrogens with one attached hydrogen (secondary N) is 1. The summed E-state index contributed by atoms with van der Waals surface area (Å²) < 4.78 is 0. The molecule has 0 aliphatic heterocycles. The fourth-order valence-electron chi connectivity index (χ4n) is 1.67. The minimum absolute atomic E-state index is 0.269. The van der Waals surface area contributed by atoms with E-state index < -0.39 is 0 Å². The topological polar surface area (TPSA) is 29.1 Å². The molecule has 90 valence electrons. The van der Waals surface area contributed by atoms with E-state index in [1.807, 2.05) is 19.9 Å². The highest BCUT2D eigenvalue weighted by molar-refractivity contribution is 7.12. The lowest BCUT2D eigenvalue weighted by atomic mass is 10.1. The van der Waals surface area contributed by atoms with Gasteiger partial charge in [0.2, 0.25) is 0 Å². The van der Waals surface area contributed by atoms with E-state index in [-0.39, 0.29) is 5.78 Å². The summed E-state index contributed by atoms with van der Waals surface area (Å²) in [5.74, 6) is 0.269. The van der Waals surface area contributed by atoms with Crippen LogP contribution in [0.2, 0.25) is 0 Å². The van der Waals surface area contributed by atoms with Gasteiger partial charge in [0.05, 0.1) is 0 Å². The van der Waals surface area contributed by atoms with Crippen LogP contribution >= 0.6 is 11.3 Å². The average molecular weight is 239 g/mol. The minimum atomic E-state index is 0.269. The van der Waals surface area contributed by atoms with Gasteiger partial charge in [0.1, 0.15) is 0 Å². The second-order valence-corrected chi connectivity index (χ2v) is 5.56. The van der Waals surface area contributed by atoms with Gasteiger partial charge < -0.3 is 5.32 Å². The maximum Gasteiger partial charge on any atom is 0.165 e. The molecular weight excluding hydrogens is 218 g/mol. The van der Waals surface area contributed by atoms with Crippen molar-refractivity contribution in [1.29, 1.82) is 0 Å². The van der Waals surface area contributed by atoms with Gasteiger partial charge in [-0.05, 0) is 32.9 Å². The Hall–Kier alpha value is -0.670. The third-order valence-electron chi connectivity index (χ3n) is 2.58. The highest BCUT2D eigenvalue weighted by Gasteiger charge is 2.10. The standard InChI is InChI=1S/C13H21NOS/c1-4-5-7-14-8-6-13(15)12-9-10(2)16-11(12)3/h9,14H,4-8H2,1-3H3. The van der Waals surface area contributed by atoms with Crippen molar-refractivity contribution in [3.05, 3.63) is 21.4 Å². The number of thiophene rings is 1. The van der Waals surface area contributed by atoms with Crippen LogP contribution in [0.4, 0.5) is 0 Å². The lowest BCUT2D eigenvalue weighted by Crippen LogP contribution is -2.19. The zero-order valence-corrected chi connectivity index (χ0v) is 11.2. The van der Waals surface area contributed by atoms with Crippen LogP contribution in [-0.4, -0.2) is 18.9 Å². The van der Waals surface area contributed by atoms with Gasteiger partial charge in [-0.1, -0.05) is 13.3 Å². The van der Waals surface area contributed by atoms with E-state index in [9.17, 15) is 4.79 Å². The van der Waals surface area contributed by atoms with Gasteiger partial charge in [-0.25, -0.2) is 0 Å². The van der Waals surface area contributed by atoms with Crippen LogP contribution < -0.4 is 5.32 Å². The SMILES string of the molecule is CCCCNCCC(=O)c1cc(C)sc1C. The van der Waals surface area contributed by atoms with Crippen LogP contribution in [0.5, 0.6) is 0 Å². The molecule has 0 saturated carbocycles. The molecule has 0 radical (unpaired) electrons. The summed E-state index contributed by atoms with van der Waals surface area (Å²) >= 11 is 1.70. The summed E-state index contributed by atoms with van der Waals surface area (Å²) in [5, 5.41) is 3.30. The van der Waals surface area contributed by atoms with E-state index in [0.29, 0.717) is 6.42 Å². The molecule has 0 fully saturated rings. The number of carbonyl (C=O) groups excluding carboxylic acids is 1. The number of aryl methyl sites for hydroxylation is 2. The molecule has 1 heterocycles. The van der Waals surface area contributed by atoms with Crippen molar-refractivity contribution in [2.75, 3.05) is 13.1 Å². The van der Waals surface area contributed by atoms with Crippen molar-refractivity contribution >= 4 is 17.1 Å². The Morgan fingerprint density at radius 3 is 2.69 bits per heavy atom. The Bertz CT molecular complexity index is 344. The van der Waals surface area contributed by atoms with E-state index in [0.717, 1.165) is 23.5 Å². The normalized spacial score (nSPS) is 10.7. The Kier molecular flexibility index (Phi) is 5.71. The smallest absolute Gasteiger partial charge is 0.165 e. The molecule has 0 atom stereocenters. The molecular formula is C13H21NOS. The van der Waals surface area contributed by atoms with Gasteiger partial charge in [-0.15, -0.1) is 11.3 Å². The number of carbonyl (C=O) groups is 1. The third kappa shape index (κ3) is 4.06. The first-order valence-corrected chi connectivity index (χ1v) is 6.77. The lowest BCUT2D eigenvalue weighted by molar-refractivity contribution is 0.0982. The van der Waals surface area contributed by atoms with Crippen LogP contribution in [0.15, 0.2) is 6.07 Å².